The van der Waals surface area contributed by atoms with Crippen LogP contribution in [0.2, 0.25) is 0 Å². The number of nitrogens with zero attached hydrogens (tertiary/aromatic N) is 1. The van der Waals surface area contributed by atoms with Crippen molar-refractivity contribution < 1.29 is 34.0 Å². The summed E-state index contributed by atoms with van der Waals surface area (Å²) in [7, 11) is 1.52. The molecule has 5 fully saturated rings. The molecule has 4 bridgehead atoms. The van der Waals surface area contributed by atoms with Crippen LogP contribution in [0.5, 0.6) is 5.88 Å². The van der Waals surface area contributed by atoms with Gasteiger partial charge in [0.1, 0.15) is 17.6 Å². The molecule has 2 N–H and O–H groups in total. The van der Waals surface area contributed by atoms with Crippen LogP contribution in [0.15, 0.2) is 48.7 Å². The summed E-state index contributed by atoms with van der Waals surface area (Å²) in [5, 5.41) is 23.9. The van der Waals surface area contributed by atoms with E-state index in [2.05, 4.69) is 37.6 Å². The van der Waals surface area contributed by atoms with Gasteiger partial charge in [-0.2, -0.15) is 0 Å². The number of hydrogen-bond acceptors (Lipinski definition) is 8. The van der Waals surface area contributed by atoms with Crippen LogP contribution >= 0.6 is 0 Å². The number of pyridine rings is 1. The number of aliphatic hydroxyl groups is 2. The molecule has 1 aromatic rings. The lowest BCUT2D eigenvalue weighted by Crippen LogP contribution is -2.83. The van der Waals surface area contributed by atoms with Gasteiger partial charge in [-0.3, -0.25) is 4.79 Å². The summed E-state index contributed by atoms with van der Waals surface area (Å²) < 4.78 is 17.1. The highest BCUT2D eigenvalue weighted by molar-refractivity contribution is 6.05. The Balaban J connectivity index is 1.40. The zero-order chi connectivity index (χ0) is 26.4. The van der Waals surface area contributed by atoms with E-state index in [1.54, 1.807) is 24.4 Å². The Morgan fingerprint density at radius 1 is 1.30 bits per heavy atom. The molecule has 3 saturated carbocycles. The number of ether oxygens (including phenoxy) is 3. The first kappa shape index (κ1) is 24.5. The Hall–Kier alpha value is -2.81. The summed E-state index contributed by atoms with van der Waals surface area (Å²) in [6.45, 7) is 8.42. The van der Waals surface area contributed by atoms with Gasteiger partial charge in [0.25, 0.3) is 0 Å². The van der Waals surface area contributed by atoms with Gasteiger partial charge >= 0.3 is 5.97 Å². The molecule has 7 rings (SSSR count). The largest absolute Gasteiger partial charge is 0.481 e. The third-order valence-corrected chi connectivity index (χ3v) is 9.86. The van der Waals surface area contributed by atoms with Crippen molar-refractivity contribution in [3.05, 3.63) is 54.3 Å². The maximum Gasteiger partial charge on any atom is 0.331 e. The monoisotopic (exact) mass is 507 g/mol. The molecule has 2 saturated heterocycles. The number of rotatable bonds is 4. The first-order valence-corrected chi connectivity index (χ1v) is 12.9. The Kier molecular flexibility index (Phi) is 5.20. The first-order chi connectivity index (χ1) is 17.5. The van der Waals surface area contributed by atoms with Gasteiger partial charge < -0.3 is 24.4 Å². The van der Waals surface area contributed by atoms with E-state index < -0.39 is 40.7 Å². The third kappa shape index (κ3) is 2.92. The molecular weight excluding hydrogens is 474 g/mol. The standard InChI is InChI=1S/C29H33NO7/c1-16-18-8-9-19-27-13-5-12-26(2,3)22(27)24(33)29(34,36-15-27)28(19,23(16)32)25(18)37-21(31)11-7-17-6-10-20(35-4)30-14-17/h5-7,10-11,13-14,18-19,22,24-25,33-34H,1,8-9,12,15H2,2-4H3/b11-7+/t18-,19-,22+,24-,25+,27+,28-,29+/m0/s1. The lowest BCUT2D eigenvalue weighted by atomic mass is 9.37. The van der Waals surface area contributed by atoms with Crippen LogP contribution < -0.4 is 4.74 Å². The fraction of sp³-hybridized carbons (Fsp3) is 0.552. The number of carbonyl (C=O) groups is 2. The van der Waals surface area contributed by atoms with E-state index in [1.807, 2.05) is 0 Å². The van der Waals surface area contributed by atoms with Gasteiger partial charge in [-0.1, -0.05) is 32.6 Å². The first-order valence-electron chi connectivity index (χ1n) is 12.9. The molecule has 0 radical (unpaired) electrons. The van der Waals surface area contributed by atoms with Crippen LogP contribution in [0.3, 0.4) is 0 Å². The number of fused-ring (bicyclic) bond motifs is 2. The molecule has 8 atom stereocenters. The molecule has 3 heterocycles. The summed E-state index contributed by atoms with van der Waals surface area (Å²) in [6.07, 6.45) is 8.28. The summed E-state index contributed by atoms with van der Waals surface area (Å²) in [5.41, 5.74) is -1.60. The Morgan fingerprint density at radius 2 is 2.08 bits per heavy atom. The van der Waals surface area contributed by atoms with E-state index in [9.17, 15) is 19.8 Å². The summed E-state index contributed by atoms with van der Waals surface area (Å²) in [4.78, 5) is 31.3. The van der Waals surface area contributed by atoms with Gasteiger partial charge in [-0.25, -0.2) is 9.78 Å². The topological polar surface area (TPSA) is 115 Å². The Bertz CT molecular complexity index is 1240. The van der Waals surface area contributed by atoms with Crippen molar-refractivity contribution >= 4 is 17.8 Å². The minimum Gasteiger partial charge on any atom is -0.481 e. The molecule has 8 nitrogen and oxygen atoms in total. The fourth-order valence-corrected chi connectivity index (χ4v) is 8.49. The number of methoxy groups -OCH3 is 1. The van der Waals surface area contributed by atoms with E-state index >= 15 is 0 Å². The van der Waals surface area contributed by atoms with Crippen molar-refractivity contribution in [1.29, 1.82) is 0 Å². The molecule has 0 unspecified atom stereocenters. The van der Waals surface area contributed by atoms with Gasteiger partial charge in [-0.15, -0.1) is 0 Å². The lowest BCUT2D eigenvalue weighted by molar-refractivity contribution is -0.436. The minimum atomic E-state index is -2.18. The van der Waals surface area contributed by atoms with Crippen LogP contribution in [0, 0.1) is 34.0 Å². The number of aliphatic hydroxyl groups excluding tert-OH is 1. The molecule has 0 amide bonds. The molecule has 8 heteroatoms. The van der Waals surface area contributed by atoms with E-state index in [0.717, 1.165) is 6.42 Å². The van der Waals surface area contributed by atoms with Crippen molar-refractivity contribution in [3.63, 3.8) is 0 Å². The maximum absolute atomic E-state index is 14.0. The van der Waals surface area contributed by atoms with Crippen molar-refractivity contribution in [2.75, 3.05) is 13.7 Å². The maximum atomic E-state index is 14.0. The van der Waals surface area contributed by atoms with Gasteiger partial charge in [0, 0.05) is 35.6 Å². The van der Waals surface area contributed by atoms with Crippen molar-refractivity contribution in [3.8, 4) is 5.88 Å². The second kappa shape index (κ2) is 7.85. The highest BCUT2D eigenvalue weighted by Crippen LogP contribution is 2.75. The predicted molar refractivity (Wildman–Crippen MR) is 133 cm³/mol. The number of esters is 1. The third-order valence-electron chi connectivity index (χ3n) is 9.86. The lowest BCUT2D eigenvalue weighted by Gasteiger charge is -2.72. The average molecular weight is 508 g/mol. The highest BCUT2D eigenvalue weighted by Gasteiger charge is 2.86. The number of ketones is 1. The van der Waals surface area contributed by atoms with Crippen LogP contribution in [0.25, 0.3) is 6.08 Å². The van der Waals surface area contributed by atoms with Crippen LogP contribution in [0.1, 0.15) is 38.7 Å². The van der Waals surface area contributed by atoms with Crippen LogP contribution in [-0.4, -0.2) is 58.7 Å². The number of carbonyl (C=O) groups excluding carboxylic acids is 2. The predicted octanol–water partition coefficient (Wildman–Crippen LogP) is 2.85. The second-order valence-electron chi connectivity index (χ2n) is 11.9. The molecule has 2 aliphatic heterocycles. The van der Waals surface area contributed by atoms with E-state index in [1.165, 1.54) is 13.2 Å². The van der Waals surface area contributed by atoms with Gasteiger partial charge in [0.05, 0.1) is 13.7 Å². The average Bonchev–Trinajstić information content (AvgIpc) is 2.98. The molecule has 37 heavy (non-hydrogen) atoms. The zero-order valence-corrected chi connectivity index (χ0v) is 21.3. The smallest absolute Gasteiger partial charge is 0.331 e. The van der Waals surface area contributed by atoms with Gasteiger partial charge in [0.2, 0.25) is 11.7 Å². The van der Waals surface area contributed by atoms with Crippen molar-refractivity contribution in [1.82, 2.24) is 4.98 Å². The van der Waals surface area contributed by atoms with Crippen molar-refractivity contribution in [2.45, 2.75) is 51.1 Å². The van der Waals surface area contributed by atoms with Gasteiger partial charge in [-0.05, 0) is 53.9 Å². The van der Waals surface area contributed by atoms with E-state index in [0.29, 0.717) is 29.9 Å². The van der Waals surface area contributed by atoms with E-state index in [-0.39, 0.29) is 29.6 Å². The number of hydrogen-bond donors (Lipinski definition) is 2. The zero-order valence-electron chi connectivity index (χ0n) is 21.3. The molecule has 196 valence electrons. The Morgan fingerprint density at radius 3 is 2.78 bits per heavy atom. The highest BCUT2D eigenvalue weighted by atomic mass is 16.6. The summed E-state index contributed by atoms with van der Waals surface area (Å²) in [5.74, 6) is -3.86. The summed E-state index contributed by atoms with van der Waals surface area (Å²) in [6, 6.07) is 3.43. The number of aromatic nitrogens is 1. The van der Waals surface area contributed by atoms with Crippen molar-refractivity contribution in [2.24, 2.45) is 34.0 Å². The number of Topliss-reactive ketones (excluding diaryl/α,β-unsaturated/α-hetero) is 1. The summed E-state index contributed by atoms with van der Waals surface area (Å²) >= 11 is 0. The molecule has 2 spiro atoms. The molecular formula is C29H33NO7. The fourth-order valence-electron chi connectivity index (χ4n) is 8.49. The van der Waals surface area contributed by atoms with Crippen LogP contribution in [0.4, 0.5) is 0 Å². The van der Waals surface area contributed by atoms with Gasteiger partial charge in [0.15, 0.2) is 5.78 Å². The molecule has 0 aromatic carbocycles. The SMILES string of the molecule is C=C1C(=O)[C@]23[C@H](OC(=O)/C=C/c4ccc(OC)nc4)[C@H]1CC[C@H]2[C@]12C=CCC(C)(C)[C@H]1[C@H](O)[C@@]3(O)OC2. The second-order valence-corrected chi connectivity index (χ2v) is 11.9. The molecule has 4 aliphatic carbocycles. The Labute approximate surface area is 216 Å². The van der Waals surface area contributed by atoms with Crippen LogP contribution in [-0.2, 0) is 19.1 Å². The quantitative estimate of drug-likeness (QED) is 0.363. The normalized spacial score (nSPS) is 43.0. The molecule has 1 aromatic heterocycles. The number of allylic oxidation sites excluding steroid dienone is 1. The molecule has 6 aliphatic rings. The van der Waals surface area contributed by atoms with E-state index in [4.69, 9.17) is 14.2 Å². The minimum absolute atomic E-state index is 0.201.